The molecule has 3 amide bonds. The van der Waals surface area contributed by atoms with Gasteiger partial charge in [0.1, 0.15) is 0 Å². The molecule has 0 aromatic heterocycles. The third-order valence-electron chi connectivity index (χ3n) is 7.50. The van der Waals surface area contributed by atoms with E-state index in [4.69, 9.17) is 0 Å². The minimum absolute atomic E-state index is 0.298. The smallest absolute Gasteiger partial charge is 0.251 e. The zero-order chi connectivity index (χ0) is 31.3. The van der Waals surface area contributed by atoms with E-state index in [2.05, 4.69) is 107 Å². The summed E-state index contributed by atoms with van der Waals surface area (Å²) in [6, 6.07) is 6.53. The molecule has 41 heavy (non-hydrogen) atoms. The fourth-order valence-corrected chi connectivity index (χ4v) is 5.24. The largest absolute Gasteiger partial charge is 0.351 e. The molecular formula is C32H58N6O3. The fraction of sp³-hybridized carbons (Fsp3) is 0.719. The lowest BCUT2D eigenvalue weighted by atomic mass is 10.0. The average Bonchev–Trinajstić information content (AvgIpc) is 2.89. The Morgan fingerprint density at radius 2 is 0.829 bits per heavy atom. The first kappa shape index (κ1) is 36.5. The van der Waals surface area contributed by atoms with Crippen LogP contribution < -0.4 is 16.0 Å². The maximum absolute atomic E-state index is 13.2. The van der Waals surface area contributed by atoms with Crippen LogP contribution >= 0.6 is 0 Å². The Morgan fingerprint density at radius 3 is 1.07 bits per heavy atom. The number of hydrogen-bond donors (Lipinski definition) is 3. The molecule has 0 aliphatic rings. The minimum atomic E-state index is -0.302. The van der Waals surface area contributed by atoms with Crippen LogP contribution in [0.3, 0.4) is 0 Å². The molecular weight excluding hydrogens is 516 g/mol. The number of hydrogen-bond acceptors (Lipinski definition) is 6. The van der Waals surface area contributed by atoms with Crippen molar-refractivity contribution in [1.82, 2.24) is 30.7 Å². The van der Waals surface area contributed by atoms with Crippen molar-refractivity contribution in [3.05, 3.63) is 34.9 Å². The van der Waals surface area contributed by atoms with Gasteiger partial charge in [0.25, 0.3) is 17.7 Å². The Hall–Kier alpha value is -2.49. The summed E-state index contributed by atoms with van der Waals surface area (Å²) in [6.45, 7) is 27.9. The van der Waals surface area contributed by atoms with Crippen LogP contribution in [0.2, 0.25) is 0 Å². The van der Waals surface area contributed by atoms with E-state index in [1.54, 1.807) is 18.2 Å². The van der Waals surface area contributed by atoms with E-state index in [0.717, 1.165) is 13.1 Å². The highest BCUT2D eigenvalue weighted by atomic mass is 16.2. The molecule has 0 bridgehead atoms. The molecule has 3 N–H and O–H groups in total. The predicted molar refractivity (Wildman–Crippen MR) is 170 cm³/mol. The Bertz CT molecular complexity index is 889. The Labute approximate surface area is 249 Å². The Kier molecular flexibility index (Phi) is 16.2. The van der Waals surface area contributed by atoms with Crippen molar-refractivity contribution in [3.63, 3.8) is 0 Å². The minimum Gasteiger partial charge on any atom is -0.351 e. The van der Waals surface area contributed by atoms with Crippen LogP contribution in [0.4, 0.5) is 0 Å². The van der Waals surface area contributed by atoms with Crippen LogP contribution in [-0.4, -0.2) is 108 Å². The summed E-state index contributed by atoms with van der Waals surface area (Å²) in [6.07, 6.45) is 0. The first-order valence-corrected chi connectivity index (χ1v) is 15.4. The number of amides is 3. The molecule has 1 rings (SSSR count). The third-order valence-corrected chi connectivity index (χ3v) is 7.50. The van der Waals surface area contributed by atoms with Crippen LogP contribution in [0.1, 0.15) is 107 Å². The van der Waals surface area contributed by atoms with Gasteiger partial charge in [-0.2, -0.15) is 0 Å². The first-order chi connectivity index (χ1) is 19.2. The SMILES string of the molecule is CCN(CCNC(=O)c1cc(C(=O)NCCN(C(C)C)C(C)C)cc(C(=O)NCCN(C(C)C)C(C)C)c1)C(C)C. The molecule has 0 heterocycles. The van der Waals surface area contributed by atoms with Gasteiger partial charge in [0, 0.05) is 86.2 Å². The molecule has 0 aliphatic carbocycles. The van der Waals surface area contributed by atoms with Crippen LogP contribution in [-0.2, 0) is 0 Å². The lowest BCUT2D eigenvalue weighted by Gasteiger charge is -2.30. The van der Waals surface area contributed by atoms with Crippen molar-refractivity contribution in [2.45, 2.75) is 106 Å². The van der Waals surface area contributed by atoms with Crippen LogP contribution in [0.15, 0.2) is 18.2 Å². The molecule has 0 atom stereocenters. The lowest BCUT2D eigenvalue weighted by Crippen LogP contribution is -2.43. The highest BCUT2D eigenvalue weighted by molar-refractivity contribution is 6.04. The second kappa shape index (κ2) is 18.1. The molecule has 0 aliphatic heterocycles. The predicted octanol–water partition coefficient (Wildman–Crippen LogP) is 3.84. The summed E-state index contributed by atoms with van der Waals surface area (Å²) in [5, 5.41) is 8.91. The van der Waals surface area contributed by atoms with Crippen molar-refractivity contribution >= 4 is 17.7 Å². The summed E-state index contributed by atoms with van der Waals surface area (Å²) in [5.41, 5.74) is 0.894. The van der Waals surface area contributed by atoms with E-state index in [0.29, 0.717) is 79.6 Å². The number of carbonyl (C=O) groups excluding carboxylic acids is 3. The van der Waals surface area contributed by atoms with Gasteiger partial charge in [0.05, 0.1) is 0 Å². The molecule has 9 heteroatoms. The van der Waals surface area contributed by atoms with E-state index < -0.39 is 0 Å². The maximum Gasteiger partial charge on any atom is 0.251 e. The molecule has 0 unspecified atom stereocenters. The zero-order valence-electron chi connectivity index (χ0n) is 27.6. The van der Waals surface area contributed by atoms with Gasteiger partial charge in [0.2, 0.25) is 0 Å². The standard InChI is InChI=1S/C32H58N6O3/c1-12-36(22(2)3)16-13-33-30(39)27-19-28(31(40)34-14-17-37(23(4)5)24(6)7)21-29(20-27)32(41)35-15-18-38(25(8)9)26(10)11/h19-26H,12-18H2,1-11H3,(H,33,39)(H,34,40)(H,35,41). The number of nitrogens with one attached hydrogen (secondary N) is 3. The molecule has 0 radical (unpaired) electrons. The quantitative estimate of drug-likeness (QED) is 0.247. The number of likely N-dealkylation sites (N-methyl/N-ethyl adjacent to an activating group) is 1. The van der Waals surface area contributed by atoms with Crippen LogP contribution in [0.25, 0.3) is 0 Å². The highest BCUT2D eigenvalue weighted by Gasteiger charge is 2.19. The van der Waals surface area contributed by atoms with Crippen LogP contribution in [0, 0.1) is 0 Å². The van der Waals surface area contributed by atoms with Crippen LogP contribution in [0.5, 0.6) is 0 Å². The number of carbonyl (C=O) groups is 3. The Balaban J connectivity index is 3.09. The van der Waals surface area contributed by atoms with Gasteiger partial charge in [0.15, 0.2) is 0 Å². The number of nitrogens with zero attached hydrogens (tertiary/aromatic N) is 3. The van der Waals surface area contributed by atoms with Crippen molar-refractivity contribution in [3.8, 4) is 0 Å². The Morgan fingerprint density at radius 1 is 0.537 bits per heavy atom. The van der Waals surface area contributed by atoms with Gasteiger partial charge in [-0.15, -0.1) is 0 Å². The van der Waals surface area contributed by atoms with Crippen molar-refractivity contribution < 1.29 is 14.4 Å². The summed E-state index contributed by atoms with van der Waals surface area (Å²) >= 11 is 0. The molecule has 234 valence electrons. The third kappa shape index (κ3) is 12.5. The number of benzene rings is 1. The molecule has 1 aromatic rings. The summed E-state index contributed by atoms with van der Waals surface area (Å²) < 4.78 is 0. The van der Waals surface area contributed by atoms with E-state index in [-0.39, 0.29) is 17.7 Å². The van der Waals surface area contributed by atoms with Gasteiger partial charge < -0.3 is 16.0 Å². The van der Waals surface area contributed by atoms with E-state index >= 15 is 0 Å². The van der Waals surface area contributed by atoms with Crippen molar-refractivity contribution in [2.24, 2.45) is 0 Å². The second-order valence-corrected chi connectivity index (χ2v) is 12.1. The van der Waals surface area contributed by atoms with E-state index in [1.165, 1.54) is 0 Å². The molecule has 1 aromatic carbocycles. The topological polar surface area (TPSA) is 97.0 Å². The molecule has 9 nitrogen and oxygen atoms in total. The lowest BCUT2D eigenvalue weighted by molar-refractivity contribution is 0.0939. The van der Waals surface area contributed by atoms with Gasteiger partial charge in [-0.05, 0) is 94.0 Å². The highest BCUT2D eigenvalue weighted by Crippen LogP contribution is 2.12. The van der Waals surface area contributed by atoms with Gasteiger partial charge in [-0.25, -0.2) is 0 Å². The number of rotatable bonds is 18. The molecule has 0 spiro atoms. The van der Waals surface area contributed by atoms with Crippen molar-refractivity contribution in [1.29, 1.82) is 0 Å². The first-order valence-electron chi connectivity index (χ1n) is 15.4. The molecule has 0 fully saturated rings. The molecule has 0 saturated carbocycles. The normalized spacial score (nSPS) is 12.1. The maximum atomic E-state index is 13.2. The second-order valence-electron chi connectivity index (χ2n) is 12.1. The van der Waals surface area contributed by atoms with Gasteiger partial charge in [-0.3, -0.25) is 29.1 Å². The summed E-state index contributed by atoms with van der Waals surface area (Å²) in [7, 11) is 0. The summed E-state index contributed by atoms with van der Waals surface area (Å²) in [4.78, 5) is 46.4. The van der Waals surface area contributed by atoms with Gasteiger partial charge >= 0.3 is 0 Å². The monoisotopic (exact) mass is 574 g/mol. The van der Waals surface area contributed by atoms with Crippen molar-refractivity contribution in [2.75, 3.05) is 45.8 Å². The van der Waals surface area contributed by atoms with E-state index in [9.17, 15) is 14.4 Å². The zero-order valence-corrected chi connectivity index (χ0v) is 27.6. The average molecular weight is 575 g/mol. The van der Waals surface area contributed by atoms with Gasteiger partial charge in [-0.1, -0.05) is 6.92 Å². The van der Waals surface area contributed by atoms with E-state index in [1.807, 2.05) is 0 Å². The summed E-state index contributed by atoms with van der Waals surface area (Å²) in [5.74, 6) is -0.905. The fourth-order valence-electron chi connectivity index (χ4n) is 5.24. The molecule has 0 saturated heterocycles.